The molecule has 59 heavy (non-hydrogen) atoms. The average Bonchev–Trinajstić information content (AvgIpc) is 3.80. The summed E-state index contributed by atoms with van der Waals surface area (Å²) in [7, 11) is -0.606. The molecule has 17 heteroatoms. The first-order chi connectivity index (χ1) is 28.2. The summed E-state index contributed by atoms with van der Waals surface area (Å²) in [5.41, 5.74) is 9.26. The highest BCUT2D eigenvalue weighted by Crippen LogP contribution is 2.28. The number of benzene rings is 2. The van der Waals surface area contributed by atoms with Crippen molar-refractivity contribution < 1.29 is 40.4 Å². The van der Waals surface area contributed by atoms with E-state index >= 15 is 0 Å². The number of alkyl halides is 3. The fraction of sp³-hybridized carbons (Fsp3) is 0.452. The van der Waals surface area contributed by atoms with Gasteiger partial charge in [0.15, 0.2) is 11.6 Å². The molecule has 0 unspecified atom stereocenters. The SMILES string of the molecule is Cn1c(C(=O)N2CCN(Cc3ccc(OCC(F)(F)F)cc3)CC2)cc2ccc(Oc3ccc(CCCCCCCCCCN)cn3)cc21.Cn1cnc(S(=O)(=O)O)c1. The quantitative estimate of drug-likeness (QED) is 0.0667. The van der Waals surface area contributed by atoms with E-state index in [0.29, 0.717) is 50.0 Å². The summed E-state index contributed by atoms with van der Waals surface area (Å²) in [6, 6.07) is 18.4. The van der Waals surface area contributed by atoms with E-state index in [-0.39, 0.29) is 16.7 Å². The molecule has 1 fully saturated rings. The molecule has 4 heterocycles. The molecule has 0 aliphatic carbocycles. The number of halogens is 3. The van der Waals surface area contributed by atoms with Crippen LogP contribution < -0.4 is 15.2 Å². The van der Waals surface area contributed by atoms with Crippen molar-refractivity contribution in [2.75, 3.05) is 39.3 Å². The third-order valence-corrected chi connectivity index (χ3v) is 10.8. The van der Waals surface area contributed by atoms with Crippen molar-refractivity contribution in [2.24, 2.45) is 19.8 Å². The number of unbranched alkanes of at least 4 members (excludes halogenated alkanes) is 7. The number of hydrogen-bond donors (Lipinski definition) is 2. The molecule has 13 nitrogen and oxygen atoms in total. The van der Waals surface area contributed by atoms with Crippen LogP contribution in [0.15, 0.2) is 84.4 Å². The maximum Gasteiger partial charge on any atom is 0.422 e. The molecular formula is C42H54F3N7O6S. The molecule has 1 aliphatic rings. The summed E-state index contributed by atoms with van der Waals surface area (Å²) in [6.45, 7) is 2.69. The molecule has 6 rings (SSSR count). The van der Waals surface area contributed by atoms with Crippen molar-refractivity contribution in [3.8, 4) is 17.4 Å². The van der Waals surface area contributed by atoms with Gasteiger partial charge in [0.1, 0.15) is 17.2 Å². The third kappa shape index (κ3) is 14.4. The Kier molecular flexibility index (Phi) is 16.3. The monoisotopic (exact) mass is 841 g/mol. The molecule has 3 N–H and O–H groups in total. The fourth-order valence-electron chi connectivity index (χ4n) is 6.76. The van der Waals surface area contributed by atoms with Crippen LogP contribution in [-0.4, -0.2) is 93.3 Å². The van der Waals surface area contributed by atoms with Crippen LogP contribution >= 0.6 is 0 Å². The minimum atomic E-state index is -4.37. The number of ether oxygens (including phenoxy) is 2. The molecule has 0 spiro atoms. The maximum atomic E-state index is 13.6. The van der Waals surface area contributed by atoms with Gasteiger partial charge in [0.2, 0.25) is 5.88 Å². The predicted octanol–water partition coefficient (Wildman–Crippen LogP) is 7.55. The van der Waals surface area contributed by atoms with Gasteiger partial charge in [-0.1, -0.05) is 56.7 Å². The summed E-state index contributed by atoms with van der Waals surface area (Å²) in [4.78, 5) is 25.6. The first-order valence-corrected chi connectivity index (χ1v) is 21.3. The molecule has 1 amide bonds. The highest BCUT2D eigenvalue weighted by atomic mass is 32.2. The topological polar surface area (TPSA) is 158 Å². The van der Waals surface area contributed by atoms with Crippen LogP contribution in [0.4, 0.5) is 13.2 Å². The van der Waals surface area contributed by atoms with Gasteiger partial charge in [-0.25, -0.2) is 9.97 Å². The first kappa shape index (κ1) is 45.1. The van der Waals surface area contributed by atoms with E-state index in [4.69, 9.17) is 19.8 Å². The second-order valence-electron chi connectivity index (χ2n) is 14.8. The van der Waals surface area contributed by atoms with E-state index in [1.807, 2.05) is 53.0 Å². The lowest BCUT2D eigenvalue weighted by Crippen LogP contribution is -2.48. The highest BCUT2D eigenvalue weighted by Gasteiger charge is 2.28. The van der Waals surface area contributed by atoms with Gasteiger partial charge in [0.05, 0.1) is 11.8 Å². The first-order valence-electron chi connectivity index (χ1n) is 19.9. The van der Waals surface area contributed by atoms with E-state index in [0.717, 1.165) is 42.3 Å². The number of carbonyl (C=O) groups excluding carboxylic acids is 1. The number of pyridine rings is 1. The Labute approximate surface area is 343 Å². The highest BCUT2D eigenvalue weighted by molar-refractivity contribution is 7.85. The lowest BCUT2D eigenvalue weighted by Gasteiger charge is -2.34. The Balaban J connectivity index is 0.000000578. The van der Waals surface area contributed by atoms with Gasteiger partial charge in [-0.15, -0.1) is 0 Å². The van der Waals surface area contributed by atoms with Crippen LogP contribution in [0.2, 0.25) is 0 Å². The normalized spacial score (nSPS) is 13.6. The van der Waals surface area contributed by atoms with E-state index in [1.54, 1.807) is 31.3 Å². The molecule has 1 aliphatic heterocycles. The molecule has 2 aromatic carbocycles. The number of imidazole rings is 1. The summed E-state index contributed by atoms with van der Waals surface area (Å²) in [5, 5.41) is 0.633. The number of piperazine rings is 1. The van der Waals surface area contributed by atoms with Gasteiger partial charge in [-0.3, -0.25) is 14.2 Å². The van der Waals surface area contributed by atoms with Crippen LogP contribution in [-0.2, 0) is 37.2 Å². The summed E-state index contributed by atoms with van der Waals surface area (Å²) in [5.74, 6) is 1.36. The van der Waals surface area contributed by atoms with Crippen molar-refractivity contribution in [2.45, 2.75) is 75.5 Å². The standard InChI is InChI=1S/C38H48F3N5O3.C4H6N2O3S/c1-44-34-25-33(49-36-18-13-29(26-43-36)10-8-6-4-2-3-5-7-9-19-42)17-14-31(34)24-35(44)37(47)46-22-20-45(21-23-46)27-30-11-15-32(16-12-30)48-28-38(39,40)41;1-6-2-4(5-3-6)10(7,8)9/h11-18,24-26H,2-10,19-23,27-28,42H2,1H3;2-3H,1H3,(H,7,8,9). The van der Waals surface area contributed by atoms with Gasteiger partial charge < -0.3 is 29.2 Å². The Morgan fingerprint density at radius 1 is 0.831 bits per heavy atom. The van der Waals surface area contributed by atoms with Crippen LogP contribution in [0, 0.1) is 0 Å². The van der Waals surface area contributed by atoms with E-state index in [2.05, 4.69) is 20.9 Å². The maximum absolute atomic E-state index is 13.6. The van der Waals surface area contributed by atoms with Gasteiger partial charge in [0, 0.05) is 76.7 Å². The Morgan fingerprint density at radius 2 is 1.47 bits per heavy atom. The molecule has 1 saturated heterocycles. The van der Waals surface area contributed by atoms with Gasteiger partial charge in [-0.05, 0) is 67.3 Å². The zero-order valence-electron chi connectivity index (χ0n) is 33.6. The van der Waals surface area contributed by atoms with Crippen LogP contribution in [0.25, 0.3) is 10.9 Å². The van der Waals surface area contributed by atoms with E-state index in [1.165, 1.54) is 61.2 Å². The fourth-order valence-corrected chi connectivity index (χ4v) is 7.24. The second kappa shape index (κ2) is 21.3. The third-order valence-electron chi connectivity index (χ3n) is 10.0. The summed E-state index contributed by atoms with van der Waals surface area (Å²) in [6.07, 6.45) is 11.0. The lowest BCUT2D eigenvalue weighted by molar-refractivity contribution is -0.153. The van der Waals surface area contributed by atoms with Gasteiger partial charge in [-0.2, -0.15) is 21.6 Å². The Hall–Kier alpha value is -4.97. The van der Waals surface area contributed by atoms with E-state index in [9.17, 15) is 26.4 Å². The summed E-state index contributed by atoms with van der Waals surface area (Å²) < 4.78 is 80.5. The number of aromatic nitrogens is 4. The van der Waals surface area contributed by atoms with Crippen LogP contribution in [0.1, 0.15) is 73.0 Å². The number of rotatable bonds is 18. The molecule has 0 saturated carbocycles. The van der Waals surface area contributed by atoms with Gasteiger partial charge >= 0.3 is 16.3 Å². The lowest BCUT2D eigenvalue weighted by atomic mass is 10.1. The number of nitrogens with two attached hydrogens (primary N) is 1. The van der Waals surface area contributed by atoms with Crippen molar-refractivity contribution in [3.05, 3.63) is 96.2 Å². The Bertz CT molecular complexity index is 2180. The van der Waals surface area contributed by atoms with Crippen molar-refractivity contribution in [1.82, 2.24) is 28.9 Å². The van der Waals surface area contributed by atoms with Crippen LogP contribution in [0.3, 0.4) is 0 Å². The molecule has 3 aromatic heterocycles. The largest absolute Gasteiger partial charge is 0.484 e. The smallest absolute Gasteiger partial charge is 0.422 e. The zero-order valence-corrected chi connectivity index (χ0v) is 34.4. The van der Waals surface area contributed by atoms with Crippen molar-refractivity contribution >= 4 is 26.9 Å². The molecule has 320 valence electrons. The molecule has 0 atom stereocenters. The minimum absolute atomic E-state index is 0.0215. The number of fused-ring (bicyclic) bond motifs is 1. The van der Waals surface area contributed by atoms with Gasteiger partial charge in [0.25, 0.3) is 5.91 Å². The number of amides is 1. The summed E-state index contributed by atoms with van der Waals surface area (Å²) >= 11 is 0. The number of carbonyl (C=O) groups is 1. The number of hydrogen-bond acceptors (Lipinski definition) is 9. The second-order valence-corrected chi connectivity index (χ2v) is 16.1. The minimum Gasteiger partial charge on any atom is -0.484 e. The molecular weight excluding hydrogens is 788 g/mol. The van der Waals surface area contributed by atoms with Crippen molar-refractivity contribution in [1.29, 1.82) is 0 Å². The van der Waals surface area contributed by atoms with Crippen molar-refractivity contribution in [3.63, 3.8) is 0 Å². The number of aryl methyl sites for hydroxylation is 3. The predicted molar refractivity (Wildman–Crippen MR) is 219 cm³/mol. The average molecular weight is 842 g/mol. The zero-order chi connectivity index (χ0) is 42.4. The molecule has 0 bridgehead atoms. The van der Waals surface area contributed by atoms with Crippen LogP contribution in [0.5, 0.6) is 17.4 Å². The number of nitrogens with zero attached hydrogens (tertiary/aromatic N) is 6. The Morgan fingerprint density at radius 3 is 2.05 bits per heavy atom. The molecule has 0 radical (unpaired) electrons. The molecule has 5 aromatic rings. The van der Waals surface area contributed by atoms with E-state index < -0.39 is 22.9 Å².